The SMILES string of the molecule is CC1(C(=O)O)CCCCC1(CC1CO1)C(=O)O. The number of ether oxygens (including phenoxy) is 1. The van der Waals surface area contributed by atoms with Crippen LogP contribution in [0.25, 0.3) is 0 Å². The first-order valence-corrected chi connectivity index (χ1v) is 6.01. The molecule has 3 atom stereocenters. The van der Waals surface area contributed by atoms with Crippen LogP contribution in [-0.2, 0) is 14.3 Å². The first-order chi connectivity index (χ1) is 7.92. The van der Waals surface area contributed by atoms with Gasteiger partial charge in [-0.25, -0.2) is 0 Å². The van der Waals surface area contributed by atoms with Gasteiger partial charge in [-0.2, -0.15) is 0 Å². The highest BCUT2D eigenvalue weighted by Crippen LogP contribution is 2.54. The molecule has 3 unspecified atom stereocenters. The lowest BCUT2D eigenvalue weighted by Crippen LogP contribution is -2.53. The lowest BCUT2D eigenvalue weighted by molar-refractivity contribution is -0.179. The van der Waals surface area contributed by atoms with Crippen molar-refractivity contribution in [3.8, 4) is 0 Å². The van der Waals surface area contributed by atoms with Crippen LogP contribution in [0.2, 0.25) is 0 Å². The van der Waals surface area contributed by atoms with Crippen LogP contribution in [0.3, 0.4) is 0 Å². The van der Waals surface area contributed by atoms with Crippen LogP contribution in [0.5, 0.6) is 0 Å². The maximum atomic E-state index is 11.6. The normalized spacial score (nSPS) is 40.9. The minimum absolute atomic E-state index is 0.0668. The van der Waals surface area contributed by atoms with E-state index >= 15 is 0 Å². The van der Waals surface area contributed by atoms with Crippen LogP contribution in [0.1, 0.15) is 39.0 Å². The number of carboxylic acid groups (broad SMARTS) is 2. The smallest absolute Gasteiger partial charge is 0.310 e. The second-order valence-electron chi connectivity index (χ2n) is 5.39. The summed E-state index contributed by atoms with van der Waals surface area (Å²) in [7, 11) is 0. The van der Waals surface area contributed by atoms with Crippen molar-refractivity contribution in [3.05, 3.63) is 0 Å². The van der Waals surface area contributed by atoms with Crippen molar-refractivity contribution < 1.29 is 24.5 Å². The van der Waals surface area contributed by atoms with Gasteiger partial charge in [0.25, 0.3) is 0 Å². The van der Waals surface area contributed by atoms with Crippen molar-refractivity contribution in [2.75, 3.05) is 6.61 Å². The second kappa shape index (κ2) is 3.98. The molecule has 2 rings (SSSR count). The van der Waals surface area contributed by atoms with Gasteiger partial charge in [-0.15, -0.1) is 0 Å². The van der Waals surface area contributed by atoms with Gasteiger partial charge in [-0.05, 0) is 26.2 Å². The minimum Gasteiger partial charge on any atom is -0.481 e. The van der Waals surface area contributed by atoms with Crippen LogP contribution < -0.4 is 0 Å². The molecular formula is C12H18O5. The highest BCUT2D eigenvalue weighted by molar-refractivity contribution is 5.86. The summed E-state index contributed by atoms with van der Waals surface area (Å²) >= 11 is 0. The molecule has 1 aliphatic heterocycles. The second-order valence-corrected chi connectivity index (χ2v) is 5.39. The molecule has 0 spiro atoms. The molecule has 1 saturated heterocycles. The molecule has 0 aromatic carbocycles. The Morgan fingerprint density at radius 2 is 1.82 bits per heavy atom. The van der Waals surface area contributed by atoms with E-state index in [9.17, 15) is 19.8 Å². The fourth-order valence-corrected chi connectivity index (χ4v) is 3.06. The van der Waals surface area contributed by atoms with E-state index in [0.29, 0.717) is 25.9 Å². The predicted molar refractivity (Wildman–Crippen MR) is 58.6 cm³/mol. The molecule has 1 heterocycles. The van der Waals surface area contributed by atoms with Gasteiger partial charge in [0.05, 0.1) is 23.5 Å². The largest absolute Gasteiger partial charge is 0.481 e. The van der Waals surface area contributed by atoms with Crippen molar-refractivity contribution in [2.24, 2.45) is 10.8 Å². The summed E-state index contributed by atoms with van der Waals surface area (Å²) in [4.78, 5) is 23.1. The van der Waals surface area contributed by atoms with Crippen LogP contribution in [0.4, 0.5) is 0 Å². The number of rotatable bonds is 4. The Morgan fingerprint density at radius 1 is 1.24 bits per heavy atom. The van der Waals surface area contributed by atoms with E-state index < -0.39 is 22.8 Å². The highest BCUT2D eigenvalue weighted by Gasteiger charge is 2.61. The van der Waals surface area contributed by atoms with Gasteiger partial charge < -0.3 is 14.9 Å². The van der Waals surface area contributed by atoms with Crippen molar-refractivity contribution in [1.82, 2.24) is 0 Å². The van der Waals surface area contributed by atoms with E-state index in [4.69, 9.17) is 4.74 Å². The summed E-state index contributed by atoms with van der Waals surface area (Å²) < 4.78 is 5.10. The van der Waals surface area contributed by atoms with Crippen molar-refractivity contribution >= 4 is 11.9 Å². The average molecular weight is 242 g/mol. The lowest BCUT2D eigenvalue weighted by Gasteiger charge is -2.46. The standard InChI is InChI=1S/C12H18O5/c1-11(9(13)14)4-2-3-5-12(11,10(15)16)6-8-7-17-8/h8H,2-7H2,1H3,(H,13,14)(H,15,16). The molecule has 5 heteroatoms. The average Bonchev–Trinajstić information content (AvgIpc) is 3.04. The lowest BCUT2D eigenvalue weighted by atomic mass is 9.55. The Labute approximate surface area is 99.8 Å². The molecular weight excluding hydrogens is 224 g/mol. The maximum Gasteiger partial charge on any atom is 0.310 e. The molecule has 17 heavy (non-hydrogen) atoms. The van der Waals surface area contributed by atoms with Gasteiger partial charge in [0.2, 0.25) is 0 Å². The summed E-state index contributed by atoms with van der Waals surface area (Å²) in [6.07, 6.45) is 2.69. The summed E-state index contributed by atoms with van der Waals surface area (Å²) in [6, 6.07) is 0. The Hall–Kier alpha value is -1.10. The molecule has 0 bridgehead atoms. The summed E-state index contributed by atoms with van der Waals surface area (Å²) in [5.74, 6) is -1.99. The van der Waals surface area contributed by atoms with Crippen LogP contribution in [0, 0.1) is 10.8 Å². The van der Waals surface area contributed by atoms with Crippen LogP contribution in [0.15, 0.2) is 0 Å². The van der Waals surface area contributed by atoms with Gasteiger partial charge >= 0.3 is 11.9 Å². The number of aliphatic carboxylic acids is 2. The number of epoxide rings is 1. The molecule has 2 aliphatic rings. The van der Waals surface area contributed by atoms with E-state index in [2.05, 4.69) is 0 Å². The molecule has 2 N–H and O–H groups in total. The molecule has 1 aliphatic carbocycles. The Balaban J connectivity index is 2.37. The fourth-order valence-electron chi connectivity index (χ4n) is 3.06. The number of hydrogen-bond donors (Lipinski definition) is 2. The Morgan fingerprint density at radius 3 is 2.29 bits per heavy atom. The third-order valence-electron chi connectivity index (χ3n) is 4.45. The van der Waals surface area contributed by atoms with Gasteiger partial charge in [-0.1, -0.05) is 12.8 Å². The zero-order chi connectivity index (χ0) is 12.7. The van der Waals surface area contributed by atoms with E-state index in [1.165, 1.54) is 0 Å². The van der Waals surface area contributed by atoms with Crippen molar-refractivity contribution in [3.63, 3.8) is 0 Å². The van der Waals surface area contributed by atoms with Crippen LogP contribution in [-0.4, -0.2) is 34.9 Å². The monoisotopic (exact) mass is 242 g/mol. The van der Waals surface area contributed by atoms with Gasteiger partial charge in [0, 0.05) is 0 Å². The zero-order valence-corrected chi connectivity index (χ0v) is 9.94. The third kappa shape index (κ3) is 1.82. The molecule has 2 fully saturated rings. The van der Waals surface area contributed by atoms with E-state index in [1.807, 2.05) is 0 Å². The van der Waals surface area contributed by atoms with Gasteiger partial charge in [-0.3, -0.25) is 9.59 Å². The third-order valence-corrected chi connectivity index (χ3v) is 4.45. The molecule has 0 radical (unpaired) electrons. The highest BCUT2D eigenvalue weighted by atomic mass is 16.6. The van der Waals surface area contributed by atoms with E-state index in [1.54, 1.807) is 6.92 Å². The number of carbonyl (C=O) groups is 2. The Bertz CT molecular complexity index is 349. The molecule has 96 valence electrons. The first kappa shape index (κ1) is 12.4. The Kier molecular flexibility index (Phi) is 2.89. The molecule has 0 amide bonds. The number of carboxylic acids is 2. The van der Waals surface area contributed by atoms with Gasteiger partial charge in [0.15, 0.2) is 0 Å². The minimum atomic E-state index is -1.18. The summed E-state index contributed by atoms with van der Waals surface area (Å²) in [5, 5.41) is 18.9. The maximum absolute atomic E-state index is 11.6. The van der Waals surface area contributed by atoms with E-state index in [-0.39, 0.29) is 6.10 Å². The number of hydrogen-bond acceptors (Lipinski definition) is 3. The van der Waals surface area contributed by atoms with Gasteiger partial charge in [0.1, 0.15) is 0 Å². The first-order valence-electron chi connectivity index (χ1n) is 6.01. The topological polar surface area (TPSA) is 87.1 Å². The van der Waals surface area contributed by atoms with E-state index in [0.717, 1.165) is 12.8 Å². The fraction of sp³-hybridized carbons (Fsp3) is 0.833. The molecule has 0 aromatic heterocycles. The molecule has 0 aromatic rings. The van der Waals surface area contributed by atoms with Crippen molar-refractivity contribution in [1.29, 1.82) is 0 Å². The van der Waals surface area contributed by atoms with Crippen LogP contribution >= 0.6 is 0 Å². The summed E-state index contributed by atoms with van der Waals surface area (Å²) in [6.45, 7) is 2.13. The molecule has 5 nitrogen and oxygen atoms in total. The zero-order valence-electron chi connectivity index (χ0n) is 9.94. The predicted octanol–water partition coefficient (Wildman–Crippen LogP) is 1.51. The quantitative estimate of drug-likeness (QED) is 0.730. The van der Waals surface area contributed by atoms with Crippen molar-refractivity contribution in [2.45, 2.75) is 45.1 Å². The molecule has 1 saturated carbocycles. The summed E-state index contributed by atoms with van der Waals surface area (Å²) in [5.41, 5.74) is -2.35.